The number of anilines is 1. The molecule has 2 N–H and O–H groups in total. The SMILES string of the molecule is CCc1ccccc1NC(=O)CN1CCN(C(=O)NCc2ccnc(OCC(F)(F)F)c2)CC1. The van der Waals surface area contributed by atoms with Gasteiger partial charge in [0.15, 0.2) is 6.61 Å². The molecule has 1 fully saturated rings. The third-order valence-electron chi connectivity index (χ3n) is 5.33. The maximum absolute atomic E-state index is 12.5. The summed E-state index contributed by atoms with van der Waals surface area (Å²) >= 11 is 0. The van der Waals surface area contributed by atoms with E-state index in [1.807, 2.05) is 36.1 Å². The summed E-state index contributed by atoms with van der Waals surface area (Å²) in [6, 6.07) is 10.4. The van der Waals surface area contributed by atoms with Crippen molar-refractivity contribution in [2.75, 3.05) is 44.6 Å². The van der Waals surface area contributed by atoms with Crippen LogP contribution in [-0.4, -0.2) is 72.2 Å². The lowest BCUT2D eigenvalue weighted by molar-refractivity contribution is -0.154. The number of aryl methyl sites for hydroxylation is 1. The highest BCUT2D eigenvalue weighted by molar-refractivity contribution is 5.93. The number of alkyl halides is 3. The molecule has 2 aromatic rings. The van der Waals surface area contributed by atoms with Gasteiger partial charge in [-0.05, 0) is 29.7 Å². The Morgan fingerprint density at radius 1 is 1.12 bits per heavy atom. The molecule has 11 heteroatoms. The normalized spacial score (nSPS) is 14.5. The Morgan fingerprint density at radius 2 is 1.85 bits per heavy atom. The summed E-state index contributed by atoms with van der Waals surface area (Å²) < 4.78 is 41.5. The summed E-state index contributed by atoms with van der Waals surface area (Å²) in [4.78, 5) is 32.3. The Kier molecular flexibility index (Phi) is 8.69. The minimum atomic E-state index is -4.45. The Balaban J connectivity index is 1.40. The number of urea groups is 1. The summed E-state index contributed by atoms with van der Waals surface area (Å²) in [5.74, 6) is -0.252. The van der Waals surface area contributed by atoms with Crippen LogP contribution in [0, 0.1) is 0 Å². The zero-order valence-electron chi connectivity index (χ0n) is 18.9. The third kappa shape index (κ3) is 7.91. The molecule has 0 spiro atoms. The third-order valence-corrected chi connectivity index (χ3v) is 5.33. The van der Waals surface area contributed by atoms with Gasteiger partial charge in [0.25, 0.3) is 0 Å². The van der Waals surface area contributed by atoms with Gasteiger partial charge in [0, 0.05) is 50.7 Å². The number of halogens is 3. The number of benzene rings is 1. The molecule has 1 aliphatic rings. The number of hydrogen-bond donors (Lipinski definition) is 2. The lowest BCUT2D eigenvalue weighted by atomic mass is 10.1. The molecule has 3 rings (SSSR count). The van der Waals surface area contributed by atoms with Crippen LogP contribution in [0.4, 0.5) is 23.7 Å². The van der Waals surface area contributed by atoms with Gasteiger partial charge in [-0.3, -0.25) is 9.69 Å². The number of amides is 3. The van der Waals surface area contributed by atoms with Gasteiger partial charge in [0.2, 0.25) is 11.8 Å². The first-order valence-corrected chi connectivity index (χ1v) is 11.0. The number of nitrogens with one attached hydrogen (secondary N) is 2. The van der Waals surface area contributed by atoms with Crippen molar-refractivity contribution < 1.29 is 27.5 Å². The van der Waals surface area contributed by atoms with Crippen LogP contribution in [0.5, 0.6) is 5.88 Å². The highest BCUT2D eigenvalue weighted by atomic mass is 19.4. The zero-order chi connectivity index (χ0) is 24.6. The number of carbonyl (C=O) groups is 2. The number of carbonyl (C=O) groups excluding carboxylic acids is 2. The van der Waals surface area contributed by atoms with Gasteiger partial charge in [-0.2, -0.15) is 13.2 Å². The number of hydrogen-bond acceptors (Lipinski definition) is 5. The topological polar surface area (TPSA) is 86.8 Å². The number of piperazine rings is 1. The van der Waals surface area contributed by atoms with E-state index in [4.69, 9.17) is 0 Å². The number of ether oxygens (including phenoxy) is 1. The van der Waals surface area contributed by atoms with Crippen molar-refractivity contribution in [1.82, 2.24) is 20.1 Å². The van der Waals surface area contributed by atoms with E-state index in [1.165, 1.54) is 12.3 Å². The van der Waals surface area contributed by atoms with E-state index < -0.39 is 12.8 Å². The summed E-state index contributed by atoms with van der Waals surface area (Å²) in [5, 5.41) is 5.70. The Labute approximate surface area is 196 Å². The monoisotopic (exact) mass is 479 g/mol. The molecule has 1 saturated heterocycles. The van der Waals surface area contributed by atoms with Gasteiger partial charge in [0.1, 0.15) is 0 Å². The summed E-state index contributed by atoms with van der Waals surface area (Å²) in [7, 11) is 0. The maximum atomic E-state index is 12.5. The van der Waals surface area contributed by atoms with Crippen molar-refractivity contribution in [3.8, 4) is 5.88 Å². The molecular weight excluding hydrogens is 451 g/mol. The van der Waals surface area contributed by atoms with E-state index in [-0.39, 0.29) is 30.9 Å². The molecule has 0 atom stereocenters. The van der Waals surface area contributed by atoms with Crippen molar-refractivity contribution in [3.63, 3.8) is 0 Å². The minimum Gasteiger partial charge on any atom is -0.468 e. The number of aromatic nitrogens is 1. The van der Waals surface area contributed by atoms with E-state index in [9.17, 15) is 22.8 Å². The molecular formula is C23H28F3N5O3. The van der Waals surface area contributed by atoms with Gasteiger partial charge in [-0.25, -0.2) is 9.78 Å². The van der Waals surface area contributed by atoms with E-state index in [2.05, 4.69) is 20.4 Å². The second-order valence-electron chi connectivity index (χ2n) is 7.89. The van der Waals surface area contributed by atoms with Gasteiger partial charge < -0.3 is 20.3 Å². The van der Waals surface area contributed by atoms with Gasteiger partial charge in [-0.1, -0.05) is 25.1 Å². The van der Waals surface area contributed by atoms with Crippen molar-refractivity contribution in [3.05, 3.63) is 53.7 Å². The van der Waals surface area contributed by atoms with E-state index in [0.717, 1.165) is 17.7 Å². The molecule has 1 aliphatic heterocycles. The Morgan fingerprint density at radius 3 is 2.56 bits per heavy atom. The molecule has 0 radical (unpaired) electrons. The van der Waals surface area contributed by atoms with Crippen LogP contribution in [0.25, 0.3) is 0 Å². The van der Waals surface area contributed by atoms with Crippen LogP contribution >= 0.6 is 0 Å². The average molecular weight is 480 g/mol. The standard InChI is InChI=1S/C23H28F3N5O3/c1-2-18-5-3-4-6-19(18)29-20(32)15-30-9-11-31(12-10-30)22(33)28-14-17-7-8-27-21(13-17)34-16-23(24,25)26/h3-8,13H,2,9-12,14-16H2,1H3,(H,28,33)(H,29,32). The molecule has 1 aromatic carbocycles. The summed E-state index contributed by atoms with van der Waals surface area (Å²) in [6.07, 6.45) is -2.30. The van der Waals surface area contributed by atoms with E-state index in [0.29, 0.717) is 31.7 Å². The van der Waals surface area contributed by atoms with Crippen LogP contribution in [0.3, 0.4) is 0 Å². The Hall–Kier alpha value is -3.34. The first-order valence-electron chi connectivity index (χ1n) is 11.0. The number of nitrogens with zero attached hydrogens (tertiary/aromatic N) is 3. The van der Waals surface area contributed by atoms with Gasteiger partial charge in [-0.15, -0.1) is 0 Å². The number of para-hydroxylation sites is 1. The van der Waals surface area contributed by atoms with E-state index in [1.54, 1.807) is 11.0 Å². The average Bonchev–Trinajstić information content (AvgIpc) is 2.82. The fraction of sp³-hybridized carbons (Fsp3) is 0.435. The second kappa shape index (κ2) is 11.7. The van der Waals surface area contributed by atoms with Crippen molar-refractivity contribution in [2.45, 2.75) is 26.1 Å². The predicted octanol–water partition coefficient (Wildman–Crippen LogP) is 3.05. The smallest absolute Gasteiger partial charge is 0.422 e. The van der Waals surface area contributed by atoms with Gasteiger partial charge >= 0.3 is 12.2 Å². The van der Waals surface area contributed by atoms with Crippen molar-refractivity contribution >= 4 is 17.6 Å². The van der Waals surface area contributed by atoms with Crippen LogP contribution in [0.2, 0.25) is 0 Å². The number of pyridine rings is 1. The predicted molar refractivity (Wildman–Crippen MR) is 120 cm³/mol. The fourth-order valence-corrected chi connectivity index (χ4v) is 3.54. The molecule has 0 saturated carbocycles. The van der Waals surface area contributed by atoms with Crippen molar-refractivity contribution in [1.29, 1.82) is 0 Å². The van der Waals surface area contributed by atoms with Crippen LogP contribution < -0.4 is 15.4 Å². The highest BCUT2D eigenvalue weighted by Crippen LogP contribution is 2.18. The van der Waals surface area contributed by atoms with Crippen molar-refractivity contribution in [2.24, 2.45) is 0 Å². The van der Waals surface area contributed by atoms with Gasteiger partial charge in [0.05, 0.1) is 6.54 Å². The molecule has 8 nitrogen and oxygen atoms in total. The molecule has 34 heavy (non-hydrogen) atoms. The number of rotatable bonds is 8. The quantitative estimate of drug-likeness (QED) is 0.608. The summed E-state index contributed by atoms with van der Waals surface area (Å²) in [6.45, 7) is 3.01. The second-order valence-corrected chi connectivity index (χ2v) is 7.89. The molecule has 0 bridgehead atoms. The molecule has 2 heterocycles. The first-order chi connectivity index (χ1) is 16.2. The lowest BCUT2D eigenvalue weighted by Gasteiger charge is -2.34. The Bertz CT molecular complexity index is 978. The zero-order valence-corrected chi connectivity index (χ0v) is 18.9. The summed E-state index contributed by atoms with van der Waals surface area (Å²) in [5.41, 5.74) is 2.46. The first kappa shape index (κ1) is 25.3. The van der Waals surface area contributed by atoms with Crippen LogP contribution in [-0.2, 0) is 17.8 Å². The fourth-order valence-electron chi connectivity index (χ4n) is 3.54. The largest absolute Gasteiger partial charge is 0.468 e. The molecule has 3 amide bonds. The lowest BCUT2D eigenvalue weighted by Crippen LogP contribution is -2.52. The molecule has 1 aromatic heterocycles. The van der Waals surface area contributed by atoms with Crippen LogP contribution in [0.15, 0.2) is 42.6 Å². The van der Waals surface area contributed by atoms with E-state index >= 15 is 0 Å². The molecule has 0 aliphatic carbocycles. The minimum absolute atomic E-state index is 0.0972. The molecule has 184 valence electrons. The van der Waals surface area contributed by atoms with Crippen LogP contribution in [0.1, 0.15) is 18.1 Å². The molecule has 0 unspecified atom stereocenters. The highest BCUT2D eigenvalue weighted by Gasteiger charge is 2.28. The maximum Gasteiger partial charge on any atom is 0.422 e.